The molecule has 4 rings (SSSR count). The van der Waals surface area contributed by atoms with E-state index in [1.165, 1.54) is 10.6 Å². The number of nitrogens with one attached hydrogen (secondary N) is 2. The number of halogens is 2. The maximum Gasteiger partial charge on any atom is 0.243 e. The Labute approximate surface area is 208 Å². The maximum atomic E-state index is 13.1. The zero-order chi connectivity index (χ0) is 24.1. The highest BCUT2D eigenvalue weighted by Crippen LogP contribution is 2.23. The Kier molecular flexibility index (Phi) is 7.92. The van der Waals surface area contributed by atoms with E-state index in [2.05, 4.69) is 32.6 Å². The second kappa shape index (κ2) is 11.1. The fraction of sp³-hybridized carbons (Fsp3) is 0.375. The summed E-state index contributed by atoms with van der Waals surface area (Å²) in [6, 6.07) is 14.0. The molecule has 10 heteroatoms. The lowest BCUT2D eigenvalue weighted by Gasteiger charge is -2.39. The summed E-state index contributed by atoms with van der Waals surface area (Å²) in [4.78, 5) is 44.2. The van der Waals surface area contributed by atoms with Crippen molar-refractivity contribution in [3.63, 3.8) is 0 Å². The fourth-order valence-electron chi connectivity index (χ4n) is 4.31. The predicted molar refractivity (Wildman–Crippen MR) is 133 cm³/mol. The molecule has 2 N–H and O–H groups in total. The van der Waals surface area contributed by atoms with E-state index in [4.69, 9.17) is 23.2 Å². The Hall–Kier alpha value is -2.81. The third-order valence-electron chi connectivity index (χ3n) is 6.03. The highest BCUT2D eigenvalue weighted by Gasteiger charge is 2.35. The molecule has 180 valence electrons. The number of carbonyl (C=O) groups excluding carboxylic acids is 3. The van der Waals surface area contributed by atoms with Crippen LogP contribution in [-0.4, -0.2) is 79.4 Å². The van der Waals surface area contributed by atoms with Crippen molar-refractivity contribution in [2.45, 2.75) is 12.5 Å². The van der Waals surface area contributed by atoms with Gasteiger partial charge >= 0.3 is 0 Å². The molecule has 34 heavy (non-hydrogen) atoms. The minimum absolute atomic E-state index is 0.147. The quantitative estimate of drug-likeness (QED) is 0.632. The summed E-state index contributed by atoms with van der Waals surface area (Å²) in [6.07, 6.45) is -0.149. The standard InChI is InChI=1S/C24H27Cl2N5O3/c25-17-12-18(26)14-19(13-17)28-22(32)15-21-24(34)27-6-7-31(21)23(33)16-29-8-10-30(11-9-29)20-4-2-1-3-5-20/h1-5,12-14,21H,6-11,15-16H2,(H,27,34)(H,28,32). The maximum absolute atomic E-state index is 13.1. The number of anilines is 2. The Bertz CT molecular complexity index is 1020. The number of hydrogen-bond acceptors (Lipinski definition) is 5. The first-order chi connectivity index (χ1) is 16.4. The van der Waals surface area contributed by atoms with E-state index >= 15 is 0 Å². The van der Waals surface area contributed by atoms with Crippen LogP contribution in [0.2, 0.25) is 10.0 Å². The molecule has 2 saturated heterocycles. The highest BCUT2D eigenvalue weighted by atomic mass is 35.5. The molecule has 2 aromatic rings. The Morgan fingerprint density at radius 3 is 2.32 bits per heavy atom. The van der Waals surface area contributed by atoms with Gasteiger partial charge in [-0.1, -0.05) is 41.4 Å². The highest BCUT2D eigenvalue weighted by molar-refractivity contribution is 6.35. The normalized spacial score (nSPS) is 19.0. The molecule has 0 aliphatic carbocycles. The van der Waals surface area contributed by atoms with E-state index in [1.54, 1.807) is 18.2 Å². The first kappa shape index (κ1) is 24.3. The first-order valence-electron chi connectivity index (χ1n) is 11.2. The number of nitrogens with zero attached hydrogens (tertiary/aromatic N) is 3. The molecule has 2 heterocycles. The van der Waals surface area contributed by atoms with Crippen LogP contribution < -0.4 is 15.5 Å². The van der Waals surface area contributed by atoms with Crippen molar-refractivity contribution in [3.05, 3.63) is 58.6 Å². The molecular formula is C24H27Cl2N5O3. The van der Waals surface area contributed by atoms with E-state index in [0.29, 0.717) is 28.8 Å². The number of piperazine rings is 2. The summed E-state index contributed by atoms with van der Waals surface area (Å²) in [5.41, 5.74) is 1.61. The van der Waals surface area contributed by atoms with E-state index in [0.717, 1.165) is 26.2 Å². The smallest absolute Gasteiger partial charge is 0.243 e. The topological polar surface area (TPSA) is 85.0 Å². The number of para-hydroxylation sites is 1. The van der Waals surface area contributed by atoms with Gasteiger partial charge in [-0.25, -0.2) is 0 Å². The van der Waals surface area contributed by atoms with Crippen molar-refractivity contribution in [3.8, 4) is 0 Å². The zero-order valence-corrected chi connectivity index (χ0v) is 20.2. The summed E-state index contributed by atoms with van der Waals surface area (Å²) >= 11 is 12.0. The molecule has 2 fully saturated rings. The van der Waals surface area contributed by atoms with Gasteiger partial charge in [0.1, 0.15) is 6.04 Å². The minimum Gasteiger partial charge on any atom is -0.369 e. The van der Waals surface area contributed by atoms with E-state index in [9.17, 15) is 14.4 Å². The molecule has 1 atom stereocenters. The van der Waals surface area contributed by atoms with Gasteiger partial charge in [0, 0.05) is 60.7 Å². The van der Waals surface area contributed by atoms with Crippen molar-refractivity contribution in [2.75, 3.05) is 56.0 Å². The Morgan fingerprint density at radius 2 is 1.65 bits per heavy atom. The molecule has 2 aromatic carbocycles. The fourth-order valence-corrected chi connectivity index (χ4v) is 4.84. The number of carbonyl (C=O) groups is 3. The lowest BCUT2D eigenvalue weighted by molar-refractivity contribution is -0.145. The zero-order valence-electron chi connectivity index (χ0n) is 18.7. The predicted octanol–water partition coefficient (Wildman–Crippen LogP) is 2.47. The summed E-state index contributed by atoms with van der Waals surface area (Å²) < 4.78 is 0. The van der Waals surface area contributed by atoms with Crippen LogP contribution in [0.4, 0.5) is 11.4 Å². The van der Waals surface area contributed by atoms with Crippen LogP contribution in [-0.2, 0) is 14.4 Å². The van der Waals surface area contributed by atoms with Gasteiger partial charge in [0.2, 0.25) is 17.7 Å². The monoisotopic (exact) mass is 503 g/mol. The number of rotatable bonds is 6. The van der Waals surface area contributed by atoms with Crippen LogP contribution in [0.1, 0.15) is 6.42 Å². The third kappa shape index (κ3) is 6.20. The van der Waals surface area contributed by atoms with Gasteiger partial charge in [-0.05, 0) is 30.3 Å². The van der Waals surface area contributed by atoms with E-state index < -0.39 is 11.9 Å². The van der Waals surface area contributed by atoms with Crippen molar-refractivity contribution in [1.82, 2.24) is 15.1 Å². The Morgan fingerprint density at radius 1 is 0.971 bits per heavy atom. The van der Waals surface area contributed by atoms with Gasteiger partial charge in [-0.2, -0.15) is 0 Å². The minimum atomic E-state index is -0.860. The number of hydrogen-bond donors (Lipinski definition) is 2. The second-order valence-corrected chi connectivity index (χ2v) is 9.28. The van der Waals surface area contributed by atoms with Gasteiger partial charge in [0.05, 0.1) is 13.0 Å². The van der Waals surface area contributed by atoms with E-state index in [-0.39, 0.29) is 24.8 Å². The summed E-state index contributed by atoms with van der Waals surface area (Å²) in [5, 5.41) is 6.25. The van der Waals surface area contributed by atoms with E-state index in [1.807, 2.05) is 18.2 Å². The number of amides is 3. The summed E-state index contributed by atoms with van der Waals surface area (Å²) in [6.45, 7) is 4.11. The van der Waals surface area contributed by atoms with Crippen LogP contribution in [0.5, 0.6) is 0 Å². The van der Waals surface area contributed by atoms with Gasteiger partial charge < -0.3 is 20.4 Å². The van der Waals surface area contributed by atoms with Crippen LogP contribution in [0.15, 0.2) is 48.5 Å². The second-order valence-electron chi connectivity index (χ2n) is 8.40. The van der Waals surface area contributed by atoms with Crippen molar-refractivity contribution in [1.29, 1.82) is 0 Å². The average molecular weight is 504 g/mol. The Balaban J connectivity index is 1.33. The largest absolute Gasteiger partial charge is 0.369 e. The van der Waals surface area contributed by atoms with Gasteiger partial charge in [-0.3, -0.25) is 19.3 Å². The van der Waals surface area contributed by atoms with Crippen LogP contribution in [0, 0.1) is 0 Å². The van der Waals surface area contributed by atoms with Crippen molar-refractivity contribution in [2.24, 2.45) is 0 Å². The molecule has 0 bridgehead atoms. The SMILES string of the molecule is O=C(CC1C(=O)NCCN1C(=O)CN1CCN(c2ccccc2)CC1)Nc1cc(Cl)cc(Cl)c1. The molecule has 2 aliphatic rings. The number of benzene rings is 2. The lowest BCUT2D eigenvalue weighted by atomic mass is 10.1. The summed E-state index contributed by atoms with van der Waals surface area (Å²) in [5.74, 6) is -0.867. The van der Waals surface area contributed by atoms with Gasteiger partial charge in [0.25, 0.3) is 0 Å². The third-order valence-corrected chi connectivity index (χ3v) is 6.47. The molecule has 1 unspecified atom stereocenters. The van der Waals surface area contributed by atoms with Crippen molar-refractivity contribution >= 4 is 52.3 Å². The van der Waals surface area contributed by atoms with Crippen LogP contribution in [0.25, 0.3) is 0 Å². The molecule has 0 spiro atoms. The van der Waals surface area contributed by atoms with Crippen molar-refractivity contribution < 1.29 is 14.4 Å². The van der Waals surface area contributed by atoms with Gasteiger partial charge in [-0.15, -0.1) is 0 Å². The molecular weight excluding hydrogens is 477 g/mol. The molecule has 0 saturated carbocycles. The molecule has 3 amide bonds. The van der Waals surface area contributed by atoms with Gasteiger partial charge in [0.15, 0.2) is 0 Å². The first-order valence-corrected chi connectivity index (χ1v) is 12.0. The lowest BCUT2D eigenvalue weighted by Crippen LogP contribution is -2.60. The molecule has 2 aliphatic heterocycles. The molecule has 0 radical (unpaired) electrons. The average Bonchev–Trinajstić information content (AvgIpc) is 2.80. The van der Waals surface area contributed by atoms with Crippen LogP contribution >= 0.6 is 23.2 Å². The van der Waals surface area contributed by atoms with Crippen LogP contribution in [0.3, 0.4) is 0 Å². The summed E-state index contributed by atoms with van der Waals surface area (Å²) in [7, 11) is 0. The molecule has 8 nitrogen and oxygen atoms in total. The molecule has 0 aromatic heterocycles.